The van der Waals surface area contributed by atoms with Crippen LogP contribution in [0.4, 0.5) is 0 Å². The van der Waals surface area contributed by atoms with Crippen molar-refractivity contribution in [2.45, 2.75) is 19.2 Å². The molecule has 0 saturated carbocycles. The number of furan rings is 1. The second-order valence-corrected chi connectivity index (χ2v) is 5.51. The van der Waals surface area contributed by atoms with E-state index in [9.17, 15) is 0 Å². The first kappa shape index (κ1) is 15.0. The number of hydrogen-bond donors (Lipinski definition) is 1. The van der Waals surface area contributed by atoms with Crippen LogP contribution in [-0.4, -0.2) is 19.4 Å². The van der Waals surface area contributed by atoms with E-state index in [0.29, 0.717) is 6.61 Å². The van der Waals surface area contributed by atoms with E-state index in [4.69, 9.17) is 9.15 Å². The van der Waals surface area contributed by atoms with Crippen LogP contribution in [0.1, 0.15) is 17.1 Å². The van der Waals surface area contributed by atoms with Gasteiger partial charge in [-0.25, -0.2) is 0 Å². The van der Waals surface area contributed by atoms with Crippen LogP contribution in [0.3, 0.4) is 0 Å². The molecule has 0 amide bonds. The van der Waals surface area contributed by atoms with E-state index in [1.807, 2.05) is 30.3 Å². The molecule has 1 N–H and O–H groups in total. The van der Waals surface area contributed by atoms with Crippen LogP contribution in [0.5, 0.6) is 5.75 Å². The predicted octanol–water partition coefficient (Wildman–Crippen LogP) is 3.62. The van der Waals surface area contributed by atoms with Crippen molar-refractivity contribution >= 4 is 11.8 Å². The van der Waals surface area contributed by atoms with Crippen molar-refractivity contribution in [2.24, 2.45) is 0 Å². The molecule has 0 radical (unpaired) electrons. The fraction of sp³-hybridized carbons (Fsp3) is 0.375. The number of aryl methyl sites for hydroxylation is 1. The van der Waals surface area contributed by atoms with Crippen LogP contribution >= 0.6 is 11.8 Å². The summed E-state index contributed by atoms with van der Waals surface area (Å²) in [5, 5.41) is 3.32. The summed E-state index contributed by atoms with van der Waals surface area (Å²) in [6, 6.07) is 12.2. The quantitative estimate of drug-likeness (QED) is 0.753. The summed E-state index contributed by atoms with van der Waals surface area (Å²) >= 11 is 1.76. The van der Waals surface area contributed by atoms with Gasteiger partial charge in [0.1, 0.15) is 23.9 Å². The van der Waals surface area contributed by atoms with E-state index in [1.54, 1.807) is 11.8 Å². The van der Waals surface area contributed by atoms with Gasteiger partial charge in [0.2, 0.25) is 0 Å². The van der Waals surface area contributed by atoms with Gasteiger partial charge < -0.3 is 14.5 Å². The van der Waals surface area contributed by atoms with Gasteiger partial charge in [0, 0.05) is 6.54 Å². The molecule has 0 aliphatic carbocycles. The Morgan fingerprint density at radius 1 is 1.20 bits per heavy atom. The second kappa shape index (κ2) is 8.02. The highest BCUT2D eigenvalue weighted by molar-refractivity contribution is 7.97. The summed E-state index contributed by atoms with van der Waals surface area (Å²) in [5.41, 5.74) is 1.22. The van der Waals surface area contributed by atoms with E-state index in [0.717, 1.165) is 36.1 Å². The lowest BCUT2D eigenvalue weighted by Gasteiger charge is -2.07. The minimum absolute atomic E-state index is 0.655. The van der Waals surface area contributed by atoms with Gasteiger partial charge in [0.05, 0.1) is 12.3 Å². The molecule has 0 saturated heterocycles. The standard InChI is InChI=1S/C16H21NO2S/c1-13-4-3-5-14(10-13)18-9-8-17-11-15-6-7-16(19-15)12-20-2/h3-7,10,17H,8-9,11-12H2,1-2H3. The monoisotopic (exact) mass is 291 g/mol. The molecule has 2 aromatic rings. The van der Waals surface area contributed by atoms with Crippen LogP contribution in [0.15, 0.2) is 40.8 Å². The number of nitrogens with one attached hydrogen (secondary N) is 1. The largest absolute Gasteiger partial charge is 0.492 e. The van der Waals surface area contributed by atoms with Gasteiger partial charge in [-0.3, -0.25) is 0 Å². The van der Waals surface area contributed by atoms with Crippen LogP contribution in [-0.2, 0) is 12.3 Å². The molecule has 4 heteroatoms. The normalized spacial score (nSPS) is 10.7. The molecular weight excluding hydrogens is 270 g/mol. The number of thioether (sulfide) groups is 1. The summed E-state index contributed by atoms with van der Waals surface area (Å²) in [5.74, 6) is 3.86. The van der Waals surface area contributed by atoms with E-state index < -0.39 is 0 Å². The van der Waals surface area contributed by atoms with E-state index >= 15 is 0 Å². The lowest BCUT2D eigenvalue weighted by Crippen LogP contribution is -2.20. The van der Waals surface area contributed by atoms with Crippen LogP contribution in [0, 0.1) is 6.92 Å². The van der Waals surface area contributed by atoms with Crippen molar-refractivity contribution in [3.8, 4) is 5.75 Å². The molecule has 2 rings (SSSR count). The molecule has 0 aliphatic rings. The molecule has 0 fully saturated rings. The Bertz CT molecular complexity index is 525. The maximum absolute atomic E-state index is 5.68. The highest BCUT2D eigenvalue weighted by Crippen LogP contribution is 2.13. The Morgan fingerprint density at radius 3 is 2.85 bits per heavy atom. The lowest BCUT2D eigenvalue weighted by atomic mass is 10.2. The first-order chi connectivity index (χ1) is 9.78. The van der Waals surface area contributed by atoms with Crippen LogP contribution in [0.25, 0.3) is 0 Å². The molecule has 0 aliphatic heterocycles. The topological polar surface area (TPSA) is 34.4 Å². The zero-order chi connectivity index (χ0) is 14.2. The minimum Gasteiger partial charge on any atom is -0.492 e. The zero-order valence-corrected chi connectivity index (χ0v) is 12.8. The van der Waals surface area contributed by atoms with Gasteiger partial charge in [-0.1, -0.05) is 12.1 Å². The van der Waals surface area contributed by atoms with Gasteiger partial charge in [0.15, 0.2) is 0 Å². The van der Waals surface area contributed by atoms with Gasteiger partial charge in [-0.2, -0.15) is 11.8 Å². The third-order valence-electron chi connectivity index (χ3n) is 2.84. The van der Waals surface area contributed by atoms with Gasteiger partial charge in [0.25, 0.3) is 0 Å². The average Bonchev–Trinajstić information content (AvgIpc) is 2.87. The SMILES string of the molecule is CSCc1ccc(CNCCOc2cccc(C)c2)o1. The molecule has 0 bridgehead atoms. The van der Waals surface area contributed by atoms with Crippen molar-refractivity contribution in [2.75, 3.05) is 19.4 Å². The van der Waals surface area contributed by atoms with Crippen molar-refractivity contribution < 1.29 is 9.15 Å². The molecule has 1 heterocycles. The molecule has 1 aromatic heterocycles. The first-order valence-electron chi connectivity index (χ1n) is 6.74. The van der Waals surface area contributed by atoms with E-state index in [2.05, 4.69) is 24.6 Å². The van der Waals surface area contributed by atoms with Crippen molar-refractivity contribution in [3.63, 3.8) is 0 Å². The van der Waals surface area contributed by atoms with Crippen molar-refractivity contribution in [1.82, 2.24) is 5.32 Å². The Labute approximate surface area is 124 Å². The Balaban J connectivity index is 1.63. The molecule has 0 unspecified atom stereocenters. The minimum atomic E-state index is 0.655. The molecular formula is C16H21NO2S. The third-order valence-corrected chi connectivity index (χ3v) is 3.41. The molecule has 0 atom stereocenters. The fourth-order valence-corrected chi connectivity index (χ4v) is 2.33. The summed E-state index contributed by atoms with van der Waals surface area (Å²) in [4.78, 5) is 0. The Kier molecular flexibility index (Phi) is 6.02. The van der Waals surface area contributed by atoms with Gasteiger partial charge >= 0.3 is 0 Å². The smallest absolute Gasteiger partial charge is 0.119 e. The van der Waals surface area contributed by atoms with Crippen molar-refractivity contribution in [1.29, 1.82) is 0 Å². The number of ether oxygens (including phenoxy) is 1. The maximum atomic E-state index is 5.68. The van der Waals surface area contributed by atoms with Gasteiger partial charge in [-0.05, 0) is 43.0 Å². The summed E-state index contributed by atoms with van der Waals surface area (Å²) in [6.45, 7) is 4.26. The van der Waals surface area contributed by atoms with Crippen molar-refractivity contribution in [3.05, 3.63) is 53.5 Å². The average molecular weight is 291 g/mol. The molecule has 108 valence electrons. The summed E-state index contributed by atoms with van der Waals surface area (Å²) < 4.78 is 11.4. The van der Waals surface area contributed by atoms with Gasteiger partial charge in [-0.15, -0.1) is 0 Å². The Morgan fingerprint density at radius 2 is 2.05 bits per heavy atom. The molecule has 20 heavy (non-hydrogen) atoms. The number of rotatable bonds is 8. The highest BCUT2D eigenvalue weighted by atomic mass is 32.2. The van der Waals surface area contributed by atoms with E-state index in [1.165, 1.54) is 5.56 Å². The molecule has 0 spiro atoms. The summed E-state index contributed by atoms with van der Waals surface area (Å²) in [6.07, 6.45) is 2.07. The predicted molar refractivity (Wildman–Crippen MR) is 84.3 cm³/mol. The fourth-order valence-electron chi connectivity index (χ4n) is 1.89. The summed E-state index contributed by atoms with van der Waals surface area (Å²) in [7, 11) is 0. The first-order valence-corrected chi connectivity index (χ1v) is 8.14. The Hall–Kier alpha value is -1.39. The number of hydrogen-bond acceptors (Lipinski definition) is 4. The van der Waals surface area contributed by atoms with Crippen LogP contribution < -0.4 is 10.1 Å². The molecule has 1 aromatic carbocycles. The highest BCUT2D eigenvalue weighted by Gasteiger charge is 2.01. The second-order valence-electron chi connectivity index (χ2n) is 4.64. The zero-order valence-electron chi connectivity index (χ0n) is 12.0. The number of benzene rings is 1. The van der Waals surface area contributed by atoms with E-state index in [-0.39, 0.29) is 0 Å². The molecule has 3 nitrogen and oxygen atoms in total. The van der Waals surface area contributed by atoms with Crippen LogP contribution in [0.2, 0.25) is 0 Å². The lowest BCUT2D eigenvalue weighted by molar-refractivity contribution is 0.310. The maximum Gasteiger partial charge on any atom is 0.119 e. The third kappa shape index (κ3) is 4.94.